The van der Waals surface area contributed by atoms with Crippen molar-refractivity contribution >= 4 is 11.2 Å². The highest BCUT2D eigenvalue weighted by molar-refractivity contribution is 5.72. The zero-order valence-corrected chi connectivity index (χ0v) is 17.5. The molecule has 0 spiro atoms. The van der Waals surface area contributed by atoms with Crippen LogP contribution in [-0.4, -0.2) is 22.5 Å². The average Bonchev–Trinajstić information content (AvgIpc) is 3.45. The first kappa shape index (κ1) is 20.8. The molecule has 1 aliphatic carbocycles. The molecule has 6 nitrogen and oxygen atoms in total. The van der Waals surface area contributed by atoms with Gasteiger partial charge in [-0.05, 0) is 44.1 Å². The first-order valence-corrected chi connectivity index (χ1v) is 10.7. The van der Waals surface area contributed by atoms with Gasteiger partial charge in [0.2, 0.25) is 0 Å². The number of hydrogen-bond donors (Lipinski definition) is 2. The minimum atomic E-state index is -0.698. The maximum atomic E-state index is 15.2. The van der Waals surface area contributed by atoms with E-state index in [1.54, 1.807) is 6.92 Å². The standard InChI is InChI=1S/C23H23F3N4O2/c1-11-20(17(26)10-30-21(11)18(12-2-3-12)22(31)28-23(30)32)29-7-6-13(9-29)19(27)15-5-4-14(24)8-16(15)25/h4-5,8,10,12-13,19H,2-3,6-7,9,27H2,1H3,(H,28,31,32). The van der Waals surface area contributed by atoms with E-state index in [-0.39, 0.29) is 17.4 Å². The number of anilines is 1. The number of aromatic amines is 1. The van der Waals surface area contributed by atoms with Gasteiger partial charge in [-0.3, -0.25) is 14.2 Å². The Hall–Kier alpha value is -3.07. The number of halogens is 3. The van der Waals surface area contributed by atoms with Crippen LogP contribution in [0.25, 0.3) is 5.52 Å². The Bertz CT molecular complexity index is 1350. The number of H-pyrrole nitrogens is 1. The lowest BCUT2D eigenvalue weighted by Gasteiger charge is -2.25. The lowest BCUT2D eigenvalue weighted by molar-refractivity contribution is 0.450. The summed E-state index contributed by atoms with van der Waals surface area (Å²) in [4.78, 5) is 29.0. The second-order valence-electron chi connectivity index (χ2n) is 8.80. The maximum Gasteiger partial charge on any atom is 0.333 e. The number of rotatable bonds is 4. The summed E-state index contributed by atoms with van der Waals surface area (Å²) in [5.74, 6) is -2.05. The van der Waals surface area contributed by atoms with Crippen molar-refractivity contribution in [2.45, 2.75) is 38.1 Å². The Kier molecular flexibility index (Phi) is 4.88. The normalized spacial score (nSPS) is 19.7. The molecule has 3 heterocycles. The van der Waals surface area contributed by atoms with Gasteiger partial charge in [0, 0.05) is 41.9 Å². The molecular formula is C23H23F3N4O2. The SMILES string of the molecule is Cc1c(N2CCC(C(N)c3ccc(F)cc3F)C2)c(F)cn2c(=O)[nH]c(=O)c(C3CC3)c12. The van der Waals surface area contributed by atoms with Crippen LogP contribution in [-0.2, 0) is 0 Å². The van der Waals surface area contributed by atoms with E-state index in [2.05, 4.69) is 4.98 Å². The molecule has 32 heavy (non-hydrogen) atoms. The number of aryl methyl sites for hydroxylation is 1. The highest BCUT2D eigenvalue weighted by atomic mass is 19.1. The smallest absolute Gasteiger partial charge is 0.333 e. The lowest BCUT2D eigenvalue weighted by Crippen LogP contribution is -2.31. The molecule has 1 saturated heterocycles. The number of nitrogens with two attached hydrogens (primary N) is 1. The molecule has 1 aliphatic heterocycles. The van der Waals surface area contributed by atoms with Crippen LogP contribution < -0.4 is 21.9 Å². The van der Waals surface area contributed by atoms with Crippen LogP contribution in [0.2, 0.25) is 0 Å². The Morgan fingerprint density at radius 3 is 2.56 bits per heavy atom. The van der Waals surface area contributed by atoms with Crippen molar-refractivity contribution in [3.8, 4) is 0 Å². The third-order valence-electron chi connectivity index (χ3n) is 6.71. The van der Waals surface area contributed by atoms with Crippen LogP contribution in [0.15, 0.2) is 34.0 Å². The van der Waals surface area contributed by atoms with Gasteiger partial charge in [-0.1, -0.05) is 6.07 Å². The Morgan fingerprint density at radius 1 is 1.12 bits per heavy atom. The minimum absolute atomic E-state index is 0.0626. The molecule has 9 heteroatoms. The van der Waals surface area contributed by atoms with E-state index in [1.165, 1.54) is 16.5 Å². The van der Waals surface area contributed by atoms with E-state index in [0.29, 0.717) is 41.8 Å². The molecule has 2 atom stereocenters. The molecule has 168 valence electrons. The number of nitrogens with zero attached hydrogens (tertiary/aromatic N) is 2. The van der Waals surface area contributed by atoms with Gasteiger partial charge in [-0.15, -0.1) is 0 Å². The van der Waals surface area contributed by atoms with Crippen molar-refractivity contribution in [3.05, 3.63) is 79.4 Å². The molecule has 3 N–H and O–H groups in total. The second-order valence-corrected chi connectivity index (χ2v) is 8.80. The van der Waals surface area contributed by atoms with Crippen LogP contribution >= 0.6 is 0 Å². The first-order valence-electron chi connectivity index (χ1n) is 10.7. The Labute approximate surface area is 181 Å². The summed E-state index contributed by atoms with van der Waals surface area (Å²) >= 11 is 0. The van der Waals surface area contributed by atoms with Gasteiger partial charge in [0.15, 0.2) is 5.82 Å². The van der Waals surface area contributed by atoms with Crippen molar-refractivity contribution in [2.75, 3.05) is 18.0 Å². The number of fused-ring (bicyclic) bond motifs is 1. The molecular weight excluding hydrogens is 421 g/mol. The van der Waals surface area contributed by atoms with E-state index in [4.69, 9.17) is 5.73 Å². The molecule has 1 aromatic carbocycles. The fourth-order valence-electron chi connectivity index (χ4n) is 4.98. The fraction of sp³-hybridized carbons (Fsp3) is 0.391. The van der Waals surface area contributed by atoms with E-state index in [9.17, 15) is 18.4 Å². The quantitative estimate of drug-likeness (QED) is 0.648. The molecule has 0 radical (unpaired) electrons. The maximum absolute atomic E-state index is 15.2. The van der Waals surface area contributed by atoms with E-state index >= 15 is 4.39 Å². The molecule has 0 bridgehead atoms. The van der Waals surface area contributed by atoms with Crippen LogP contribution in [0.4, 0.5) is 18.9 Å². The summed E-state index contributed by atoms with van der Waals surface area (Å²) < 4.78 is 43.9. The Morgan fingerprint density at radius 2 is 1.88 bits per heavy atom. The van der Waals surface area contributed by atoms with Crippen molar-refractivity contribution in [1.29, 1.82) is 0 Å². The molecule has 2 fully saturated rings. The molecule has 3 aromatic rings. The Balaban J connectivity index is 1.54. The fourth-order valence-corrected chi connectivity index (χ4v) is 4.98. The van der Waals surface area contributed by atoms with Crippen LogP contribution in [0.3, 0.4) is 0 Å². The number of nitrogens with one attached hydrogen (secondary N) is 1. The summed E-state index contributed by atoms with van der Waals surface area (Å²) in [5.41, 5.74) is 7.25. The first-order chi connectivity index (χ1) is 15.3. The monoisotopic (exact) mass is 444 g/mol. The van der Waals surface area contributed by atoms with Crippen molar-refractivity contribution in [1.82, 2.24) is 9.38 Å². The summed E-state index contributed by atoms with van der Waals surface area (Å²) in [5, 5.41) is 0. The largest absolute Gasteiger partial charge is 0.368 e. The van der Waals surface area contributed by atoms with Crippen molar-refractivity contribution < 1.29 is 13.2 Å². The number of benzene rings is 1. The average molecular weight is 444 g/mol. The van der Waals surface area contributed by atoms with Gasteiger partial charge in [0.05, 0.1) is 17.4 Å². The van der Waals surface area contributed by atoms with E-state index in [1.807, 2.05) is 4.90 Å². The summed E-state index contributed by atoms with van der Waals surface area (Å²) in [6, 6.07) is 2.66. The number of aromatic nitrogens is 2. The summed E-state index contributed by atoms with van der Waals surface area (Å²) in [6.07, 6.45) is 3.42. The van der Waals surface area contributed by atoms with Gasteiger partial charge >= 0.3 is 5.69 Å². The van der Waals surface area contributed by atoms with Gasteiger partial charge in [0.1, 0.15) is 11.6 Å². The van der Waals surface area contributed by atoms with E-state index in [0.717, 1.165) is 25.1 Å². The van der Waals surface area contributed by atoms with Crippen molar-refractivity contribution in [2.24, 2.45) is 11.7 Å². The predicted octanol–water partition coefficient (Wildman–Crippen LogP) is 3.12. The third kappa shape index (κ3) is 3.31. The van der Waals surface area contributed by atoms with Gasteiger partial charge in [0.25, 0.3) is 5.56 Å². The number of pyridine rings is 1. The predicted molar refractivity (Wildman–Crippen MR) is 115 cm³/mol. The molecule has 2 aliphatic rings. The molecule has 2 unspecified atom stereocenters. The zero-order chi connectivity index (χ0) is 22.7. The minimum Gasteiger partial charge on any atom is -0.368 e. The van der Waals surface area contributed by atoms with Crippen LogP contribution in [0.1, 0.15) is 47.9 Å². The molecule has 2 aromatic heterocycles. The number of hydrogen-bond acceptors (Lipinski definition) is 4. The molecule has 5 rings (SSSR count). The van der Waals surface area contributed by atoms with Gasteiger partial charge in [-0.25, -0.2) is 18.0 Å². The molecule has 1 saturated carbocycles. The summed E-state index contributed by atoms with van der Waals surface area (Å²) in [6.45, 7) is 2.57. The topological polar surface area (TPSA) is 83.6 Å². The third-order valence-corrected chi connectivity index (χ3v) is 6.71. The zero-order valence-electron chi connectivity index (χ0n) is 17.5. The van der Waals surface area contributed by atoms with Crippen molar-refractivity contribution in [3.63, 3.8) is 0 Å². The summed E-state index contributed by atoms with van der Waals surface area (Å²) in [7, 11) is 0. The lowest BCUT2D eigenvalue weighted by atomic mass is 9.92. The molecule has 0 amide bonds. The van der Waals surface area contributed by atoms with E-state index < -0.39 is 34.7 Å². The van der Waals surface area contributed by atoms with Crippen LogP contribution in [0.5, 0.6) is 0 Å². The second kappa shape index (κ2) is 7.51. The highest BCUT2D eigenvalue weighted by Crippen LogP contribution is 2.42. The van der Waals surface area contributed by atoms with Gasteiger partial charge < -0.3 is 10.6 Å². The highest BCUT2D eigenvalue weighted by Gasteiger charge is 2.34. The van der Waals surface area contributed by atoms with Crippen LogP contribution in [0, 0.1) is 30.3 Å². The van der Waals surface area contributed by atoms with Gasteiger partial charge in [-0.2, -0.15) is 0 Å².